The van der Waals surface area contributed by atoms with E-state index in [-0.39, 0.29) is 24.0 Å². The first kappa shape index (κ1) is 17.0. The largest absolute Gasteiger partial charge is 0.491 e. The van der Waals surface area contributed by atoms with E-state index in [1.165, 1.54) is 6.07 Å². The summed E-state index contributed by atoms with van der Waals surface area (Å²) in [4.78, 5) is 11.8. The van der Waals surface area contributed by atoms with E-state index < -0.39 is 18.8 Å². The number of aromatic nitrogens is 2. The van der Waals surface area contributed by atoms with Gasteiger partial charge in [-0.05, 0) is 30.4 Å². The second-order valence-corrected chi connectivity index (χ2v) is 6.42. The number of carbonyl (C=O) groups is 1. The maximum absolute atomic E-state index is 14.2. The third-order valence-corrected chi connectivity index (χ3v) is 4.65. The fraction of sp³-hybridized carbons (Fsp3) is 0.375. The van der Waals surface area contributed by atoms with Crippen LogP contribution in [0, 0.1) is 5.82 Å². The summed E-state index contributed by atoms with van der Waals surface area (Å²) in [6.45, 7) is 1.24. The number of halogens is 1. The second-order valence-electron chi connectivity index (χ2n) is 6.42. The van der Waals surface area contributed by atoms with Crippen molar-refractivity contribution in [1.29, 1.82) is 0 Å². The van der Waals surface area contributed by atoms with Crippen molar-refractivity contribution in [2.45, 2.75) is 25.5 Å². The van der Waals surface area contributed by atoms with Crippen molar-refractivity contribution in [3.8, 4) is 0 Å². The van der Waals surface area contributed by atoms with Crippen LogP contribution < -0.4 is 16.5 Å². The molecular weight excluding hydrogens is 342 g/mol. The molecule has 0 radical (unpaired) electrons. The van der Waals surface area contributed by atoms with Crippen molar-refractivity contribution in [3.05, 3.63) is 35.3 Å². The van der Waals surface area contributed by atoms with Crippen molar-refractivity contribution in [2.75, 3.05) is 18.5 Å². The number of amides is 1. The Balaban J connectivity index is 1.65. The lowest BCUT2D eigenvalue weighted by molar-refractivity contribution is 0.0550. The van der Waals surface area contributed by atoms with Gasteiger partial charge in [-0.3, -0.25) is 9.48 Å². The predicted molar refractivity (Wildman–Crippen MR) is 91.9 cm³/mol. The van der Waals surface area contributed by atoms with Crippen LogP contribution in [0.3, 0.4) is 0 Å². The second kappa shape index (κ2) is 6.71. The number of anilines is 2. The molecule has 4 rings (SSSR count). The quantitative estimate of drug-likeness (QED) is 0.682. The molecule has 0 saturated carbocycles. The van der Waals surface area contributed by atoms with Gasteiger partial charge in [-0.1, -0.05) is 0 Å². The molecule has 1 aromatic carbocycles. The summed E-state index contributed by atoms with van der Waals surface area (Å²) in [5, 5.41) is 17.1. The van der Waals surface area contributed by atoms with Gasteiger partial charge in [-0.15, -0.1) is 0 Å². The Morgan fingerprint density at radius 3 is 3.08 bits per heavy atom. The summed E-state index contributed by atoms with van der Waals surface area (Å²) in [6, 6.07) is 2.86. The zero-order chi connectivity index (χ0) is 18.3. The van der Waals surface area contributed by atoms with Crippen LogP contribution in [0.2, 0.25) is 0 Å². The molecule has 2 aliphatic heterocycles. The number of carbonyl (C=O) groups excluding carboxylic acids is 1. The zero-order valence-corrected chi connectivity index (χ0v) is 13.9. The maximum atomic E-state index is 14.2. The Hall–Kier alpha value is -2.43. The number of benzene rings is 1. The van der Waals surface area contributed by atoms with E-state index in [0.717, 1.165) is 12.8 Å². The Bertz CT molecular complexity index is 853. The fourth-order valence-electron chi connectivity index (χ4n) is 3.28. The summed E-state index contributed by atoms with van der Waals surface area (Å²) in [5.41, 5.74) is 6.68. The molecule has 3 heterocycles. The van der Waals surface area contributed by atoms with Gasteiger partial charge in [-0.2, -0.15) is 5.10 Å². The molecule has 1 atom stereocenters. The summed E-state index contributed by atoms with van der Waals surface area (Å²) in [5.74, 6) is -0.904. The standard InChI is InChI=1S/C16H18BFN4O4/c18-14-5-9(4-13-12(14)8-26-17(13)24)20-16-11(15(19)23)6-22(21-16)10-2-1-3-25-7-10/h4-6,10,24H,1-3,7-8H2,(H2,19,23)(H,20,21). The minimum Gasteiger partial charge on any atom is -0.423 e. The minimum atomic E-state index is -1.17. The number of hydrogen-bond donors (Lipinski definition) is 3. The van der Waals surface area contributed by atoms with Crippen molar-refractivity contribution >= 4 is 30.0 Å². The molecule has 136 valence electrons. The molecule has 0 aliphatic carbocycles. The molecule has 1 fully saturated rings. The van der Waals surface area contributed by atoms with Gasteiger partial charge in [0.25, 0.3) is 5.91 Å². The van der Waals surface area contributed by atoms with Gasteiger partial charge in [0, 0.05) is 24.1 Å². The van der Waals surface area contributed by atoms with E-state index in [4.69, 9.17) is 15.1 Å². The van der Waals surface area contributed by atoms with Crippen LogP contribution in [-0.4, -0.2) is 41.0 Å². The summed E-state index contributed by atoms with van der Waals surface area (Å²) in [6.07, 6.45) is 3.37. The van der Waals surface area contributed by atoms with Crippen LogP contribution in [-0.2, 0) is 16.0 Å². The molecule has 8 nitrogen and oxygen atoms in total. The van der Waals surface area contributed by atoms with E-state index >= 15 is 0 Å². The minimum absolute atomic E-state index is 0.0179. The van der Waals surface area contributed by atoms with E-state index in [2.05, 4.69) is 10.4 Å². The molecular formula is C16H18BFN4O4. The first-order chi connectivity index (χ1) is 12.5. The van der Waals surface area contributed by atoms with Crippen LogP contribution in [0.25, 0.3) is 0 Å². The van der Waals surface area contributed by atoms with Crippen LogP contribution in [0.5, 0.6) is 0 Å². The lowest BCUT2D eigenvalue weighted by Gasteiger charge is -2.22. The Morgan fingerprint density at radius 2 is 2.35 bits per heavy atom. The highest BCUT2D eigenvalue weighted by Crippen LogP contribution is 2.26. The molecule has 0 bridgehead atoms. The van der Waals surface area contributed by atoms with Gasteiger partial charge < -0.3 is 25.5 Å². The summed E-state index contributed by atoms with van der Waals surface area (Å²) < 4.78 is 26.4. The van der Waals surface area contributed by atoms with Crippen molar-refractivity contribution in [3.63, 3.8) is 0 Å². The van der Waals surface area contributed by atoms with E-state index in [0.29, 0.717) is 29.9 Å². The molecule has 26 heavy (non-hydrogen) atoms. The van der Waals surface area contributed by atoms with E-state index in [9.17, 15) is 14.2 Å². The first-order valence-corrected chi connectivity index (χ1v) is 8.38. The summed E-state index contributed by atoms with van der Waals surface area (Å²) >= 11 is 0. The smallest absolute Gasteiger partial charge is 0.423 e. The number of primary amides is 1. The molecule has 1 amide bonds. The number of rotatable bonds is 4. The monoisotopic (exact) mass is 360 g/mol. The topological polar surface area (TPSA) is 112 Å². The highest BCUT2D eigenvalue weighted by molar-refractivity contribution is 6.61. The highest BCUT2D eigenvalue weighted by atomic mass is 19.1. The average Bonchev–Trinajstić information content (AvgIpc) is 3.21. The first-order valence-electron chi connectivity index (χ1n) is 8.38. The number of nitrogens with zero attached hydrogens (tertiary/aromatic N) is 2. The van der Waals surface area contributed by atoms with Crippen molar-refractivity contribution in [2.24, 2.45) is 5.73 Å². The van der Waals surface area contributed by atoms with Crippen LogP contribution in [0.1, 0.15) is 34.8 Å². The highest BCUT2D eigenvalue weighted by Gasteiger charge is 2.30. The average molecular weight is 360 g/mol. The van der Waals surface area contributed by atoms with Gasteiger partial charge in [-0.25, -0.2) is 4.39 Å². The third-order valence-electron chi connectivity index (χ3n) is 4.65. The zero-order valence-electron chi connectivity index (χ0n) is 13.9. The Morgan fingerprint density at radius 1 is 1.50 bits per heavy atom. The maximum Gasteiger partial charge on any atom is 0.491 e. The molecule has 0 spiro atoms. The van der Waals surface area contributed by atoms with Gasteiger partial charge in [0.15, 0.2) is 5.82 Å². The SMILES string of the molecule is NC(=O)c1cn(C2CCCOC2)nc1Nc1cc(F)c2c(c1)B(O)OC2. The molecule has 1 unspecified atom stereocenters. The Kier molecular flexibility index (Phi) is 4.39. The van der Waals surface area contributed by atoms with Crippen LogP contribution in [0.4, 0.5) is 15.9 Å². The lowest BCUT2D eigenvalue weighted by atomic mass is 9.79. The number of hydrogen-bond acceptors (Lipinski definition) is 6. The molecule has 1 aromatic heterocycles. The van der Waals surface area contributed by atoms with Gasteiger partial charge in [0.1, 0.15) is 11.4 Å². The molecule has 1 saturated heterocycles. The van der Waals surface area contributed by atoms with Gasteiger partial charge in [0.2, 0.25) is 0 Å². The number of nitrogens with one attached hydrogen (secondary N) is 1. The lowest BCUT2D eigenvalue weighted by Crippen LogP contribution is -2.28. The number of ether oxygens (including phenoxy) is 1. The summed E-state index contributed by atoms with van der Waals surface area (Å²) in [7, 11) is -1.17. The van der Waals surface area contributed by atoms with E-state index in [1.807, 2.05) is 0 Å². The van der Waals surface area contributed by atoms with Crippen molar-refractivity contribution < 1.29 is 23.6 Å². The number of nitrogens with two attached hydrogens (primary N) is 1. The van der Waals surface area contributed by atoms with Crippen LogP contribution in [0.15, 0.2) is 18.3 Å². The fourth-order valence-corrected chi connectivity index (χ4v) is 3.28. The Labute approximate surface area is 149 Å². The van der Waals surface area contributed by atoms with Gasteiger partial charge in [0.05, 0.1) is 19.3 Å². The normalized spacial score (nSPS) is 19.5. The van der Waals surface area contributed by atoms with Crippen molar-refractivity contribution in [1.82, 2.24) is 9.78 Å². The van der Waals surface area contributed by atoms with Crippen LogP contribution >= 0.6 is 0 Å². The van der Waals surface area contributed by atoms with Gasteiger partial charge >= 0.3 is 7.12 Å². The molecule has 2 aromatic rings. The van der Waals surface area contributed by atoms with E-state index in [1.54, 1.807) is 16.9 Å². The number of fused-ring (bicyclic) bond motifs is 1. The molecule has 10 heteroatoms. The predicted octanol–water partition coefficient (Wildman–Crippen LogP) is 0.434. The molecule has 4 N–H and O–H groups in total. The molecule has 2 aliphatic rings. The third kappa shape index (κ3) is 3.07.